The minimum atomic E-state index is -1.06. The average Bonchev–Trinajstić information content (AvgIpc) is 2.10. The lowest BCUT2D eigenvalue weighted by Crippen LogP contribution is -2.21. The fourth-order valence-electron chi connectivity index (χ4n) is 0.740. The van der Waals surface area contributed by atoms with E-state index in [2.05, 4.69) is 4.74 Å². The second kappa shape index (κ2) is 7.34. The van der Waals surface area contributed by atoms with E-state index in [1.807, 2.05) is 0 Å². The highest BCUT2D eigenvalue weighted by Gasteiger charge is 1.95. The van der Waals surface area contributed by atoms with Crippen molar-refractivity contribution in [3.05, 3.63) is 12.2 Å². The fourth-order valence-corrected chi connectivity index (χ4v) is 0.740. The Kier molecular flexibility index (Phi) is 6.59. The Morgan fingerprint density at radius 3 is 2.23 bits per heavy atom. The largest absolute Gasteiger partial charge is 0.550 e. The number of rotatable bonds is 6. The van der Waals surface area contributed by atoms with Crippen molar-refractivity contribution in [1.82, 2.24) is 0 Å². The Morgan fingerprint density at radius 2 is 1.77 bits per heavy atom. The first-order valence-electron chi connectivity index (χ1n) is 4.08. The van der Waals surface area contributed by atoms with Gasteiger partial charge in [-0.2, -0.15) is 0 Å². The third-order valence-corrected chi connectivity index (χ3v) is 1.42. The van der Waals surface area contributed by atoms with E-state index >= 15 is 0 Å². The molecule has 4 heteroatoms. The van der Waals surface area contributed by atoms with Gasteiger partial charge in [-0.15, -0.1) is 0 Å². The first kappa shape index (κ1) is 11.7. The van der Waals surface area contributed by atoms with E-state index in [-0.39, 0.29) is 12.4 Å². The Hall–Kier alpha value is -1.32. The number of carbonyl (C=O) groups excluding carboxylic acids is 2. The number of esters is 1. The van der Waals surface area contributed by atoms with Gasteiger partial charge in [0.05, 0.1) is 7.11 Å². The number of carboxylic acid groups (broad SMARTS) is 1. The van der Waals surface area contributed by atoms with Crippen LogP contribution in [0, 0.1) is 0 Å². The third-order valence-electron chi connectivity index (χ3n) is 1.42. The van der Waals surface area contributed by atoms with E-state index in [4.69, 9.17) is 0 Å². The molecule has 0 saturated carbocycles. The second-order valence-electron chi connectivity index (χ2n) is 2.50. The number of aliphatic carboxylic acids is 1. The Labute approximate surface area is 77.2 Å². The zero-order valence-electron chi connectivity index (χ0n) is 7.62. The van der Waals surface area contributed by atoms with Gasteiger partial charge in [-0.1, -0.05) is 12.2 Å². The minimum Gasteiger partial charge on any atom is -0.550 e. The molecule has 0 aromatic rings. The molecule has 0 atom stereocenters. The van der Waals surface area contributed by atoms with Crippen molar-refractivity contribution < 1.29 is 19.4 Å². The number of ether oxygens (including phenoxy) is 1. The van der Waals surface area contributed by atoms with E-state index < -0.39 is 5.97 Å². The molecule has 0 aliphatic carbocycles. The summed E-state index contributed by atoms with van der Waals surface area (Å²) in [5, 5.41) is 9.97. The maximum Gasteiger partial charge on any atom is 0.305 e. The maximum absolute atomic E-state index is 10.6. The van der Waals surface area contributed by atoms with E-state index in [0.29, 0.717) is 19.3 Å². The normalized spacial score (nSPS) is 10.2. The van der Waals surface area contributed by atoms with Crippen LogP contribution in [0.25, 0.3) is 0 Å². The molecule has 0 aliphatic heterocycles. The standard InChI is InChI=1S/C9H14O4/c1-13-9(12)7-5-3-2-4-6-8(10)11/h2-3H,4-7H2,1H3,(H,10,11)/p-1. The predicted octanol–water partition coefficient (Wildman–Crippen LogP) is 0.0259. The highest BCUT2D eigenvalue weighted by Crippen LogP contribution is 1.96. The Bertz CT molecular complexity index is 196. The summed E-state index contributed by atoms with van der Waals surface area (Å²) in [5.41, 5.74) is 0. The lowest BCUT2D eigenvalue weighted by molar-refractivity contribution is -0.305. The number of allylic oxidation sites excluding steroid dienone is 2. The molecule has 0 N–H and O–H groups in total. The van der Waals surface area contributed by atoms with Crippen LogP contribution in [0.15, 0.2) is 12.2 Å². The molecule has 0 rings (SSSR count). The predicted molar refractivity (Wildman–Crippen MR) is 44.6 cm³/mol. The van der Waals surface area contributed by atoms with Gasteiger partial charge in [0, 0.05) is 12.4 Å². The van der Waals surface area contributed by atoms with Gasteiger partial charge in [-0.3, -0.25) is 4.79 Å². The quantitative estimate of drug-likeness (QED) is 0.432. The molecule has 0 heterocycles. The summed E-state index contributed by atoms with van der Waals surface area (Å²) in [6, 6.07) is 0. The van der Waals surface area contributed by atoms with Gasteiger partial charge in [-0.25, -0.2) is 0 Å². The molecule has 0 bridgehead atoms. The molecule has 0 aromatic heterocycles. The second-order valence-corrected chi connectivity index (χ2v) is 2.50. The first-order valence-corrected chi connectivity index (χ1v) is 4.08. The average molecular weight is 185 g/mol. The number of hydrogen-bond acceptors (Lipinski definition) is 4. The lowest BCUT2D eigenvalue weighted by atomic mass is 10.2. The van der Waals surface area contributed by atoms with E-state index in [0.717, 1.165) is 0 Å². The highest BCUT2D eigenvalue weighted by atomic mass is 16.5. The Balaban J connectivity index is 3.31. The summed E-state index contributed by atoms with van der Waals surface area (Å²) in [6.45, 7) is 0. The van der Waals surface area contributed by atoms with Crippen LogP contribution in [0.2, 0.25) is 0 Å². The number of carbonyl (C=O) groups is 2. The van der Waals surface area contributed by atoms with Crippen molar-refractivity contribution in [2.24, 2.45) is 0 Å². The van der Waals surface area contributed by atoms with Crippen molar-refractivity contribution in [2.45, 2.75) is 25.7 Å². The van der Waals surface area contributed by atoms with Gasteiger partial charge in [0.15, 0.2) is 0 Å². The van der Waals surface area contributed by atoms with Gasteiger partial charge in [0.2, 0.25) is 0 Å². The van der Waals surface area contributed by atoms with Gasteiger partial charge < -0.3 is 14.6 Å². The van der Waals surface area contributed by atoms with Crippen LogP contribution in [0.4, 0.5) is 0 Å². The minimum absolute atomic E-state index is 0.0225. The van der Waals surface area contributed by atoms with Crippen LogP contribution in [0.3, 0.4) is 0 Å². The summed E-state index contributed by atoms with van der Waals surface area (Å²) < 4.78 is 4.42. The van der Waals surface area contributed by atoms with E-state index in [1.165, 1.54) is 7.11 Å². The van der Waals surface area contributed by atoms with Crippen LogP contribution in [-0.2, 0) is 14.3 Å². The van der Waals surface area contributed by atoms with Crippen LogP contribution in [0.1, 0.15) is 25.7 Å². The smallest absolute Gasteiger partial charge is 0.305 e. The molecule has 0 radical (unpaired) electrons. The number of carboxylic acids is 1. The molecule has 0 aromatic carbocycles. The SMILES string of the molecule is COC(=O)CCC=CCCC(=O)[O-]. The van der Waals surface area contributed by atoms with Crippen molar-refractivity contribution >= 4 is 11.9 Å². The first-order chi connectivity index (χ1) is 6.16. The maximum atomic E-state index is 10.6. The summed E-state index contributed by atoms with van der Waals surface area (Å²) in [6.07, 6.45) is 4.87. The zero-order chi connectivity index (χ0) is 10.1. The fraction of sp³-hybridized carbons (Fsp3) is 0.556. The summed E-state index contributed by atoms with van der Waals surface area (Å²) in [7, 11) is 1.34. The van der Waals surface area contributed by atoms with Crippen molar-refractivity contribution in [3.8, 4) is 0 Å². The Morgan fingerprint density at radius 1 is 1.23 bits per heavy atom. The lowest BCUT2D eigenvalue weighted by Gasteiger charge is -1.96. The molecule has 0 amide bonds. The molecule has 4 nitrogen and oxygen atoms in total. The van der Waals surface area contributed by atoms with Gasteiger partial charge in [0.25, 0.3) is 0 Å². The molecular formula is C9H13O4-. The summed E-state index contributed by atoms with van der Waals surface area (Å²) in [5.74, 6) is -1.32. The summed E-state index contributed by atoms with van der Waals surface area (Å²) in [4.78, 5) is 20.6. The van der Waals surface area contributed by atoms with Gasteiger partial charge >= 0.3 is 5.97 Å². The van der Waals surface area contributed by atoms with E-state index in [1.54, 1.807) is 12.2 Å². The molecule has 0 fully saturated rings. The van der Waals surface area contributed by atoms with Crippen molar-refractivity contribution in [2.75, 3.05) is 7.11 Å². The highest BCUT2D eigenvalue weighted by molar-refractivity contribution is 5.69. The van der Waals surface area contributed by atoms with Crippen LogP contribution in [0.5, 0.6) is 0 Å². The van der Waals surface area contributed by atoms with Crippen molar-refractivity contribution in [3.63, 3.8) is 0 Å². The van der Waals surface area contributed by atoms with Gasteiger partial charge in [-0.05, 0) is 19.3 Å². The van der Waals surface area contributed by atoms with Crippen LogP contribution >= 0.6 is 0 Å². The monoisotopic (exact) mass is 185 g/mol. The number of hydrogen-bond donors (Lipinski definition) is 0. The third kappa shape index (κ3) is 8.59. The topological polar surface area (TPSA) is 66.4 Å². The molecule has 0 saturated heterocycles. The van der Waals surface area contributed by atoms with E-state index in [9.17, 15) is 14.7 Å². The molecular weight excluding hydrogens is 172 g/mol. The molecule has 0 unspecified atom stereocenters. The molecule has 0 aliphatic rings. The van der Waals surface area contributed by atoms with Crippen molar-refractivity contribution in [1.29, 1.82) is 0 Å². The van der Waals surface area contributed by atoms with Crippen LogP contribution < -0.4 is 5.11 Å². The van der Waals surface area contributed by atoms with Gasteiger partial charge in [0.1, 0.15) is 0 Å². The molecule has 13 heavy (non-hydrogen) atoms. The number of methoxy groups -OCH3 is 1. The zero-order valence-corrected chi connectivity index (χ0v) is 7.62. The summed E-state index contributed by atoms with van der Waals surface area (Å²) >= 11 is 0. The molecule has 0 spiro atoms. The van der Waals surface area contributed by atoms with Crippen LogP contribution in [-0.4, -0.2) is 19.0 Å². The molecule has 74 valence electrons.